The standard InChI is InChI=1S/C10H12F3NO4S/c11-10(12,13)9(17)18-7(15)3-5-19-8(16)6-2-1-4-14-6/h6,14H,1-5H2/t6-/m0/s1. The summed E-state index contributed by atoms with van der Waals surface area (Å²) in [6, 6.07) is -0.266. The van der Waals surface area contributed by atoms with E-state index in [1.807, 2.05) is 0 Å². The zero-order valence-corrected chi connectivity index (χ0v) is 10.6. The number of hydrogen-bond acceptors (Lipinski definition) is 6. The first-order valence-electron chi connectivity index (χ1n) is 5.52. The number of carbonyl (C=O) groups excluding carboxylic acids is 3. The quantitative estimate of drug-likeness (QED) is 0.617. The second kappa shape index (κ2) is 6.90. The van der Waals surface area contributed by atoms with E-state index in [1.165, 1.54) is 0 Å². The van der Waals surface area contributed by atoms with Crippen LogP contribution in [0.5, 0.6) is 0 Å². The number of esters is 2. The van der Waals surface area contributed by atoms with Crippen molar-refractivity contribution in [2.24, 2.45) is 0 Å². The van der Waals surface area contributed by atoms with Crippen LogP contribution in [0.4, 0.5) is 13.2 Å². The van der Waals surface area contributed by atoms with Gasteiger partial charge in [0.2, 0.25) is 5.12 Å². The molecule has 1 rings (SSSR count). The molecule has 0 bridgehead atoms. The molecule has 9 heteroatoms. The van der Waals surface area contributed by atoms with Crippen molar-refractivity contribution in [2.45, 2.75) is 31.5 Å². The van der Waals surface area contributed by atoms with E-state index in [0.717, 1.165) is 24.7 Å². The molecule has 19 heavy (non-hydrogen) atoms. The molecule has 0 aromatic heterocycles. The highest BCUT2D eigenvalue weighted by molar-refractivity contribution is 8.13. The van der Waals surface area contributed by atoms with Crippen molar-refractivity contribution < 1.29 is 32.3 Å². The van der Waals surface area contributed by atoms with Crippen LogP contribution >= 0.6 is 11.8 Å². The lowest BCUT2D eigenvalue weighted by molar-refractivity contribution is -0.201. The third-order valence-corrected chi connectivity index (χ3v) is 3.31. The molecule has 1 atom stereocenters. The molecule has 0 aliphatic carbocycles. The van der Waals surface area contributed by atoms with Crippen LogP contribution in [0.1, 0.15) is 19.3 Å². The summed E-state index contributed by atoms with van der Waals surface area (Å²) in [7, 11) is 0. The van der Waals surface area contributed by atoms with Gasteiger partial charge in [-0.05, 0) is 19.4 Å². The zero-order valence-electron chi connectivity index (χ0n) is 9.79. The van der Waals surface area contributed by atoms with Crippen LogP contribution in [0.15, 0.2) is 0 Å². The molecule has 0 unspecified atom stereocenters. The summed E-state index contributed by atoms with van der Waals surface area (Å²) in [4.78, 5) is 32.8. The third kappa shape index (κ3) is 5.60. The second-order valence-electron chi connectivity index (χ2n) is 3.83. The predicted molar refractivity (Wildman–Crippen MR) is 60.3 cm³/mol. The van der Waals surface area contributed by atoms with Crippen LogP contribution in [0, 0.1) is 0 Å². The van der Waals surface area contributed by atoms with Crippen molar-refractivity contribution in [1.29, 1.82) is 0 Å². The van der Waals surface area contributed by atoms with E-state index in [-0.39, 0.29) is 16.9 Å². The van der Waals surface area contributed by atoms with Crippen LogP contribution in [-0.4, -0.2) is 41.6 Å². The van der Waals surface area contributed by atoms with Crippen molar-refractivity contribution in [3.8, 4) is 0 Å². The lowest BCUT2D eigenvalue weighted by Gasteiger charge is -2.08. The summed E-state index contributed by atoms with van der Waals surface area (Å²) in [5, 5.41) is 2.80. The van der Waals surface area contributed by atoms with Crippen LogP contribution < -0.4 is 5.32 Å². The minimum Gasteiger partial charge on any atom is -0.386 e. The smallest absolute Gasteiger partial charge is 0.386 e. The molecule has 0 aromatic carbocycles. The molecular weight excluding hydrogens is 287 g/mol. The van der Waals surface area contributed by atoms with Gasteiger partial charge in [-0.15, -0.1) is 0 Å². The predicted octanol–water partition coefficient (Wildman–Crippen LogP) is 1.02. The molecule has 0 saturated carbocycles. The lowest BCUT2D eigenvalue weighted by atomic mass is 10.2. The number of carbonyl (C=O) groups is 3. The summed E-state index contributed by atoms with van der Waals surface area (Å²) in [5.41, 5.74) is 0. The maximum Gasteiger partial charge on any atom is 0.491 e. The van der Waals surface area contributed by atoms with Gasteiger partial charge in [-0.2, -0.15) is 13.2 Å². The number of halogens is 3. The summed E-state index contributed by atoms with van der Waals surface area (Å²) in [5.74, 6) is -3.84. The fraction of sp³-hybridized carbons (Fsp3) is 0.700. The molecule has 1 aliphatic rings. The van der Waals surface area contributed by atoms with E-state index < -0.39 is 24.5 Å². The first-order chi connectivity index (χ1) is 8.80. The molecular formula is C10H12F3NO4S. The second-order valence-corrected chi connectivity index (χ2v) is 4.93. The summed E-state index contributed by atoms with van der Waals surface area (Å²) in [6.45, 7) is 0.749. The molecule has 1 heterocycles. The van der Waals surface area contributed by atoms with Crippen molar-refractivity contribution >= 4 is 28.8 Å². The van der Waals surface area contributed by atoms with Gasteiger partial charge in [-0.1, -0.05) is 11.8 Å². The largest absolute Gasteiger partial charge is 0.491 e. The molecule has 1 aliphatic heterocycles. The van der Waals surface area contributed by atoms with Crippen molar-refractivity contribution in [1.82, 2.24) is 5.32 Å². The van der Waals surface area contributed by atoms with Gasteiger partial charge >= 0.3 is 18.1 Å². The summed E-state index contributed by atoms with van der Waals surface area (Å²) in [6.07, 6.45) is -4.01. The highest BCUT2D eigenvalue weighted by Crippen LogP contribution is 2.18. The number of alkyl halides is 3. The number of nitrogens with one attached hydrogen (secondary N) is 1. The Hall–Kier alpha value is -1.09. The Morgan fingerprint density at radius 2 is 2.00 bits per heavy atom. The minimum atomic E-state index is -5.19. The Morgan fingerprint density at radius 3 is 2.53 bits per heavy atom. The number of ether oxygens (including phenoxy) is 1. The van der Waals surface area contributed by atoms with Crippen molar-refractivity contribution in [2.75, 3.05) is 12.3 Å². The number of rotatable bonds is 4. The first-order valence-corrected chi connectivity index (χ1v) is 6.51. The Balaban J connectivity index is 2.20. The highest BCUT2D eigenvalue weighted by Gasteiger charge is 2.42. The minimum absolute atomic E-state index is 0.0129. The summed E-state index contributed by atoms with van der Waals surface area (Å²) >= 11 is 0.842. The van der Waals surface area contributed by atoms with Gasteiger partial charge in [0.05, 0.1) is 12.5 Å². The maximum absolute atomic E-state index is 11.8. The number of thioether (sulfide) groups is 1. The molecule has 0 spiro atoms. The van der Waals surface area contributed by atoms with Gasteiger partial charge in [-0.25, -0.2) is 4.79 Å². The van der Waals surface area contributed by atoms with E-state index in [0.29, 0.717) is 6.42 Å². The van der Waals surface area contributed by atoms with Gasteiger partial charge in [-0.3, -0.25) is 9.59 Å². The Labute approximate surface area is 111 Å². The molecule has 1 N–H and O–H groups in total. The maximum atomic E-state index is 11.8. The van der Waals surface area contributed by atoms with E-state index >= 15 is 0 Å². The van der Waals surface area contributed by atoms with Gasteiger partial charge < -0.3 is 10.1 Å². The molecule has 1 fully saturated rings. The fourth-order valence-electron chi connectivity index (χ4n) is 1.43. The molecule has 0 radical (unpaired) electrons. The van der Waals surface area contributed by atoms with Crippen molar-refractivity contribution in [3.63, 3.8) is 0 Å². The molecule has 0 amide bonds. The van der Waals surface area contributed by atoms with E-state index in [4.69, 9.17) is 0 Å². The molecule has 0 aromatic rings. The Morgan fingerprint density at radius 1 is 1.32 bits per heavy atom. The van der Waals surface area contributed by atoms with Crippen molar-refractivity contribution in [3.05, 3.63) is 0 Å². The highest BCUT2D eigenvalue weighted by atomic mass is 32.2. The molecule has 108 valence electrons. The van der Waals surface area contributed by atoms with E-state index in [9.17, 15) is 27.6 Å². The SMILES string of the molecule is O=C(CCSC(=O)[C@@H]1CCCN1)OC(=O)C(F)(F)F. The topological polar surface area (TPSA) is 72.5 Å². The number of hydrogen-bond donors (Lipinski definition) is 1. The van der Waals surface area contributed by atoms with Crippen LogP contribution in [0.3, 0.4) is 0 Å². The van der Waals surface area contributed by atoms with Gasteiger partial charge in [0, 0.05) is 5.75 Å². The van der Waals surface area contributed by atoms with E-state index in [2.05, 4.69) is 10.1 Å². The summed E-state index contributed by atoms with van der Waals surface area (Å²) < 4.78 is 38.9. The molecule has 1 saturated heterocycles. The Bertz CT molecular complexity index is 366. The average Bonchev–Trinajstić information content (AvgIpc) is 2.80. The first kappa shape index (κ1) is 16.0. The monoisotopic (exact) mass is 299 g/mol. The average molecular weight is 299 g/mol. The van der Waals surface area contributed by atoms with Gasteiger partial charge in [0.25, 0.3) is 0 Å². The third-order valence-electron chi connectivity index (χ3n) is 2.33. The van der Waals surface area contributed by atoms with Gasteiger partial charge in [0.1, 0.15) is 0 Å². The van der Waals surface area contributed by atoms with Crippen LogP contribution in [0.25, 0.3) is 0 Å². The lowest BCUT2D eigenvalue weighted by Crippen LogP contribution is -2.29. The Kier molecular flexibility index (Phi) is 5.80. The fourth-order valence-corrected chi connectivity index (χ4v) is 2.31. The van der Waals surface area contributed by atoms with E-state index in [1.54, 1.807) is 0 Å². The zero-order chi connectivity index (χ0) is 14.5. The normalized spacial score (nSPS) is 19.2. The van der Waals surface area contributed by atoms with Crippen LogP contribution in [-0.2, 0) is 19.1 Å². The molecule has 5 nitrogen and oxygen atoms in total. The van der Waals surface area contributed by atoms with Gasteiger partial charge in [0.15, 0.2) is 0 Å². The van der Waals surface area contributed by atoms with Crippen LogP contribution in [0.2, 0.25) is 0 Å².